The van der Waals surface area contributed by atoms with Gasteiger partial charge in [0.1, 0.15) is 0 Å². The van der Waals surface area contributed by atoms with Gasteiger partial charge >= 0.3 is 0 Å². The SMILES string of the molecule is CCOc1ccc(N)cc1OC.Cl. The van der Waals surface area contributed by atoms with E-state index >= 15 is 0 Å². The van der Waals surface area contributed by atoms with Crippen molar-refractivity contribution < 1.29 is 9.47 Å². The average Bonchev–Trinajstić information content (AvgIpc) is 2.08. The summed E-state index contributed by atoms with van der Waals surface area (Å²) in [7, 11) is 1.59. The molecule has 0 atom stereocenters. The highest BCUT2D eigenvalue weighted by Gasteiger charge is 2.02. The molecule has 0 unspecified atom stereocenters. The summed E-state index contributed by atoms with van der Waals surface area (Å²) < 4.78 is 10.4. The lowest BCUT2D eigenvalue weighted by Crippen LogP contribution is -1.96. The van der Waals surface area contributed by atoms with Gasteiger partial charge in [0.15, 0.2) is 11.5 Å². The number of nitrogens with two attached hydrogens (primary N) is 1. The van der Waals surface area contributed by atoms with Crippen molar-refractivity contribution >= 4 is 18.1 Å². The number of hydrogen-bond donors (Lipinski definition) is 1. The Hall–Kier alpha value is -1.09. The molecule has 0 bridgehead atoms. The Balaban J connectivity index is 0.00000144. The maximum Gasteiger partial charge on any atom is 0.162 e. The van der Waals surface area contributed by atoms with Crippen molar-refractivity contribution in [3.63, 3.8) is 0 Å². The molecule has 0 radical (unpaired) electrons. The monoisotopic (exact) mass is 203 g/mol. The number of halogens is 1. The number of hydrogen-bond acceptors (Lipinski definition) is 3. The van der Waals surface area contributed by atoms with Crippen molar-refractivity contribution in [2.45, 2.75) is 6.92 Å². The van der Waals surface area contributed by atoms with Crippen LogP contribution in [0.3, 0.4) is 0 Å². The van der Waals surface area contributed by atoms with Crippen LogP contribution in [0.1, 0.15) is 6.92 Å². The second kappa shape index (κ2) is 5.54. The summed E-state index contributed by atoms with van der Waals surface area (Å²) in [6.45, 7) is 2.55. The lowest BCUT2D eigenvalue weighted by atomic mass is 10.3. The largest absolute Gasteiger partial charge is 0.493 e. The molecule has 0 aliphatic heterocycles. The van der Waals surface area contributed by atoms with Crippen LogP contribution in [-0.2, 0) is 0 Å². The predicted molar refractivity (Wildman–Crippen MR) is 55.8 cm³/mol. The summed E-state index contributed by atoms with van der Waals surface area (Å²) in [5.41, 5.74) is 6.24. The van der Waals surface area contributed by atoms with E-state index in [4.69, 9.17) is 15.2 Å². The molecule has 0 heterocycles. The summed E-state index contributed by atoms with van der Waals surface area (Å²) in [4.78, 5) is 0. The van der Waals surface area contributed by atoms with Crippen LogP contribution in [0.25, 0.3) is 0 Å². The van der Waals surface area contributed by atoms with Crippen molar-refractivity contribution in [3.8, 4) is 11.5 Å². The zero-order chi connectivity index (χ0) is 8.97. The number of anilines is 1. The van der Waals surface area contributed by atoms with Gasteiger partial charge in [0.2, 0.25) is 0 Å². The van der Waals surface area contributed by atoms with E-state index in [1.54, 1.807) is 25.3 Å². The highest BCUT2D eigenvalue weighted by molar-refractivity contribution is 5.85. The first-order valence-electron chi connectivity index (χ1n) is 3.84. The topological polar surface area (TPSA) is 44.5 Å². The smallest absolute Gasteiger partial charge is 0.162 e. The number of ether oxygens (including phenoxy) is 2. The molecule has 0 aliphatic carbocycles. The second-order valence-electron chi connectivity index (χ2n) is 2.34. The molecule has 0 aliphatic rings. The van der Waals surface area contributed by atoms with Crippen molar-refractivity contribution in [2.75, 3.05) is 19.5 Å². The Morgan fingerprint density at radius 2 is 2.00 bits per heavy atom. The lowest BCUT2D eigenvalue weighted by molar-refractivity contribution is 0.311. The Morgan fingerprint density at radius 3 is 2.54 bits per heavy atom. The Labute approximate surface area is 84.2 Å². The Morgan fingerprint density at radius 1 is 1.31 bits per heavy atom. The minimum atomic E-state index is 0. The fraction of sp³-hybridized carbons (Fsp3) is 0.333. The molecule has 0 fully saturated rings. The highest BCUT2D eigenvalue weighted by Crippen LogP contribution is 2.28. The van der Waals surface area contributed by atoms with E-state index in [1.165, 1.54) is 0 Å². The fourth-order valence-electron chi connectivity index (χ4n) is 0.959. The summed E-state index contributed by atoms with van der Waals surface area (Å²) in [6.07, 6.45) is 0. The van der Waals surface area contributed by atoms with Gasteiger partial charge < -0.3 is 15.2 Å². The van der Waals surface area contributed by atoms with Crippen LogP contribution in [-0.4, -0.2) is 13.7 Å². The van der Waals surface area contributed by atoms with Crippen molar-refractivity contribution in [3.05, 3.63) is 18.2 Å². The van der Waals surface area contributed by atoms with Gasteiger partial charge in [-0.1, -0.05) is 0 Å². The van der Waals surface area contributed by atoms with Crippen LogP contribution in [0.4, 0.5) is 5.69 Å². The first kappa shape index (κ1) is 11.9. The maximum atomic E-state index is 5.56. The molecule has 1 aromatic carbocycles. The van der Waals surface area contributed by atoms with Crippen LogP contribution in [0.15, 0.2) is 18.2 Å². The summed E-state index contributed by atoms with van der Waals surface area (Å²) in [5, 5.41) is 0. The van der Waals surface area contributed by atoms with Crippen molar-refractivity contribution in [2.24, 2.45) is 0 Å². The van der Waals surface area contributed by atoms with E-state index in [9.17, 15) is 0 Å². The van der Waals surface area contributed by atoms with Gasteiger partial charge in [-0.05, 0) is 19.1 Å². The number of rotatable bonds is 3. The summed E-state index contributed by atoms with van der Waals surface area (Å²) >= 11 is 0. The number of methoxy groups -OCH3 is 1. The Kier molecular flexibility index (Phi) is 5.07. The van der Waals surface area contributed by atoms with Gasteiger partial charge in [-0.15, -0.1) is 12.4 Å². The molecule has 0 amide bonds. The number of benzene rings is 1. The van der Waals surface area contributed by atoms with E-state index in [2.05, 4.69) is 0 Å². The molecule has 1 aromatic rings. The summed E-state index contributed by atoms with van der Waals surface area (Å²) in [6, 6.07) is 5.33. The molecular weight excluding hydrogens is 190 g/mol. The zero-order valence-electron chi connectivity index (χ0n) is 7.74. The molecule has 2 N–H and O–H groups in total. The normalized spacial score (nSPS) is 8.77. The quantitative estimate of drug-likeness (QED) is 0.766. The van der Waals surface area contributed by atoms with E-state index in [0.717, 1.165) is 5.75 Å². The third kappa shape index (κ3) is 3.03. The predicted octanol–water partition coefficient (Wildman–Crippen LogP) is 2.10. The summed E-state index contributed by atoms with van der Waals surface area (Å²) in [5.74, 6) is 1.41. The highest BCUT2D eigenvalue weighted by atomic mass is 35.5. The van der Waals surface area contributed by atoms with Crippen LogP contribution < -0.4 is 15.2 Å². The third-order valence-electron chi connectivity index (χ3n) is 1.49. The molecule has 1 rings (SSSR count). The lowest BCUT2D eigenvalue weighted by Gasteiger charge is -2.08. The van der Waals surface area contributed by atoms with Crippen LogP contribution in [0.5, 0.6) is 11.5 Å². The molecule has 13 heavy (non-hydrogen) atoms. The van der Waals surface area contributed by atoms with E-state index in [-0.39, 0.29) is 12.4 Å². The van der Waals surface area contributed by atoms with E-state index < -0.39 is 0 Å². The molecule has 0 saturated heterocycles. The zero-order valence-corrected chi connectivity index (χ0v) is 8.56. The minimum absolute atomic E-state index is 0. The van der Waals surface area contributed by atoms with Crippen LogP contribution >= 0.6 is 12.4 Å². The maximum absolute atomic E-state index is 5.56. The standard InChI is InChI=1S/C9H13NO2.ClH/c1-3-12-8-5-4-7(10)6-9(8)11-2;/h4-6H,3,10H2,1-2H3;1H. The van der Waals surface area contributed by atoms with Crippen LogP contribution in [0, 0.1) is 0 Å². The van der Waals surface area contributed by atoms with Gasteiger partial charge in [-0.2, -0.15) is 0 Å². The van der Waals surface area contributed by atoms with Crippen molar-refractivity contribution in [1.29, 1.82) is 0 Å². The Bertz CT molecular complexity index is 266. The first-order chi connectivity index (χ1) is 5.77. The molecular formula is C9H14ClNO2. The van der Waals surface area contributed by atoms with Crippen LogP contribution in [0.2, 0.25) is 0 Å². The molecule has 74 valence electrons. The van der Waals surface area contributed by atoms with E-state index in [1.807, 2.05) is 6.92 Å². The minimum Gasteiger partial charge on any atom is -0.493 e. The van der Waals surface area contributed by atoms with Gasteiger partial charge in [0, 0.05) is 11.8 Å². The van der Waals surface area contributed by atoms with Gasteiger partial charge in [0.05, 0.1) is 13.7 Å². The van der Waals surface area contributed by atoms with Gasteiger partial charge in [-0.25, -0.2) is 0 Å². The third-order valence-corrected chi connectivity index (χ3v) is 1.49. The fourth-order valence-corrected chi connectivity index (χ4v) is 0.959. The molecule has 0 saturated carbocycles. The molecule has 3 nitrogen and oxygen atoms in total. The number of nitrogen functional groups attached to an aromatic ring is 1. The molecule has 4 heteroatoms. The van der Waals surface area contributed by atoms with Gasteiger partial charge in [0.25, 0.3) is 0 Å². The van der Waals surface area contributed by atoms with E-state index in [0.29, 0.717) is 18.0 Å². The van der Waals surface area contributed by atoms with Crippen molar-refractivity contribution in [1.82, 2.24) is 0 Å². The van der Waals surface area contributed by atoms with Gasteiger partial charge in [-0.3, -0.25) is 0 Å². The molecule has 0 spiro atoms. The second-order valence-corrected chi connectivity index (χ2v) is 2.34. The average molecular weight is 204 g/mol. The molecule has 0 aromatic heterocycles. The first-order valence-corrected chi connectivity index (χ1v) is 3.84.